The first-order chi connectivity index (χ1) is 18.7. The molecule has 0 bridgehead atoms. The van der Waals surface area contributed by atoms with E-state index >= 15 is 0 Å². The molecule has 198 valence electrons. The number of anilines is 1. The molecule has 0 atom stereocenters. The zero-order valence-electron chi connectivity index (χ0n) is 21.1. The predicted octanol–water partition coefficient (Wildman–Crippen LogP) is 4.79. The zero-order chi connectivity index (χ0) is 27.8. The first kappa shape index (κ1) is 27.1. The molecule has 0 aliphatic rings. The van der Waals surface area contributed by atoms with Crippen LogP contribution in [-0.2, 0) is 10.0 Å². The summed E-state index contributed by atoms with van der Waals surface area (Å²) < 4.78 is 38.1. The monoisotopic (exact) mass is 543 g/mol. The van der Waals surface area contributed by atoms with Gasteiger partial charge in [0.15, 0.2) is 0 Å². The lowest BCUT2D eigenvalue weighted by Gasteiger charge is -2.09. The number of ether oxygens (including phenoxy) is 2. The molecule has 0 saturated heterocycles. The van der Waals surface area contributed by atoms with Gasteiger partial charge in [-0.05, 0) is 85.3 Å². The maximum Gasteiger partial charge on any atom is 0.343 e. The average molecular weight is 544 g/mol. The first-order valence-corrected chi connectivity index (χ1v) is 13.2. The number of nitrogens with one attached hydrogen (secondary N) is 2. The van der Waals surface area contributed by atoms with Crippen LogP contribution in [0.3, 0.4) is 0 Å². The molecule has 0 spiro atoms. The van der Waals surface area contributed by atoms with Gasteiger partial charge >= 0.3 is 5.97 Å². The van der Waals surface area contributed by atoms with Crippen LogP contribution in [0.5, 0.6) is 11.5 Å². The number of aryl methyl sites for hydroxylation is 1. The van der Waals surface area contributed by atoms with Crippen LogP contribution in [0.2, 0.25) is 0 Å². The molecule has 0 heterocycles. The highest BCUT2D eigenvalue weighted by Crippen LogP contribution is 2.18. The highest BCUT2D eigenvalue weighted by atomic mass is 32.2. The Hall–Kier alpha value is -4.96. The fourth-order valence-corrected chi connectivity index (χ4v) is 4.46. The van der Waals surface area contributed by atoms with Gasteiger partial charge in [0.05, 0.1) is 23.8 Å². The topological polar surface area (TPSA) is 123 Å². The molecule has 0 aromatic heterocycles. The second-order valence-electron chi connectivity index (χ2n) is 8.39. The van der Waals surface area contributed by atoms with E-state index in [9.17, 15) is 18.0 Å². The van der Waals surface area contributed by atoms with Gasteiger partial charge in [-0.2, -0.15) is 5.10 Å². The quantitative estimate of drug-likeness (QED) is 0.135. The number of esters is 1. The second kappa shape index (κ2) is 12.1. The third-order valence-corrected chi connectivity index (χ3v) is 6.90. The number of hydrogen-bond donors (Lipinski definition) is 2. The van der Waals surface area contributed by atoms with E-state index in [1.807, 2.05) is 6.92 Å². The van der Waals surface area contributed by atoms with Crippen LogP contribution < -0.4 is 19.6 Å². The van der Waals surface area contributed by atoms with Crippen molar-refractivity contribution in [3.63, 3.8) is 0 Å². The van der Waals surface area contributed by atoms with Crippen LogP contribution in [0.15, 0.2) is 107 Å². The molecule has 4 aromatic carbocycles. The number of nitrogens with zero attached hydrogens (tertiary/aromatic N) is 1. The number of carbonyl (C=O) groups is 2. The highest BCUT2D eigenvalue weighted by molar-refractivity contribution is 7.92. The fourth-order valence-electron chi connectivity index (χ4n) is 3.40. The van der Waals surface area contributed by atoms with Crippen LogP contribution in [0.25, 0.3) is 0 Å². The first-order valence-electron chi connectivity index (χ1n) is 11.7. The molecule has 1 amide bonds. The Morgan fingerprint density at radius 2 is 1.49 bits per heavy atom. The summed E-state index contributed by atoms with van der Waals surface area (Å²) in [5, 5.41) is 3.95. The van der Waals surface area contributed by atoms with Crippen LogP contribution >= 0.6 is 0 Å². The number of hydrazone groups is 1. The zero-order valence-corrected chi connectivity index (χ0v) is 21.9. The summed E-state index contributed by atoms with van der Waals surface area (Å²) in [7, 11) is -2.21. The van der Waals surface area contributed by atoms with Gasteiger partial charge in [0.25, 0.3) is 15.9 Å². The van der Waals surface area contributed by atoms with E-state index in [2.05, 4.69) is 15.2 Å². The van der Waals surface area contributed by atoms with E-state index in [1.165, 1.54) is 42.6 Å². The minimum absolute atomic E-state index is 0.142. The average Bonchev–Trinajstić information content (AvgIpc) is 2.93. The number of sulfonamides is 1. The van der Waals surface area contributed by atoms with Gasteiger partial charge in [-0.15, -0.1) is 0 Å². The molecular formula is C29H25N3O6S. The Morgan fingerprint density at radius 1 is 0.821 bits per heavy atom. The summed E-state index contributed by atoms with van der Waals surface area (Å²) in [5.74, 6) is -0.0637. The van der Waals surface area contributed by atoms with Crippen LogP contribution in [0, 0.1) is 6.92 Å². The van der Waals surface area contributed by atoms with Gasteiger partial charge in [0, 0.05) is 11.3 Å². The van der Waals surface area contributed by atoms with Gasteiger partial charge in [-0.1, -0.05) is 29.8 Å². The largest absolute Gasteiger partial charge is 0.497 e. The summed E-state index contributed by atoms with van der Waals surface area (Å²) in [4.78, 5) is 25.0. The van der Waals surface area contributed by atoms with Crippen molar-refractivity contribution in [1.29, 1.82) is 0 Å². The molecule has 2 N–H and O–H groups in total. The van der Waals surface area contributed by atoms with Gasteiger partial charge in [-0.25, -0.2) is 18.6 Å². The number of methoxy groups -OCH3 is 1. The SMILES string of the molecule is COc1ccc(C(=O)Oc2cccc(/C=N/NC(=O)c3ccc(NS(=O)(=O)c4ccc(C)cc4)cc3)c2)cc1. The molecule has 4 aromatic rings. The Labute approximate surface area is 226 Å². The molecule has 10 heteroatoms. The standard InChI is InChI=1S/C29H25N3O6S/c1-20-6-16-27(17-7-20)39(35,36)32-24-12-8-22(9-13-24)28(33)31-30-19-21-4-3-5-26(18-21)38-29(34)23-10-14-25(37-2)15-11-23/h3-19,32H,1-2H3,(H,31,33)/b30-19+. The molecule has 9 nitrogen and oxygen atoms in total. The summed E-state index contributed by atoms with van der Waals surface area (Å²) >= 11 is 0. The van der Waals surface area contributed by atoms with Crippen molar-refractivity contribution in [3.8, 4) is 11.5 Å². The number of amides is 1. The van der Waals surface area contributed by atoms with Crippen molar-refractivity contribution < 1.29 is 27.5 Å². The third kappa shape index (κ3) is 7.30. The van der Waals surface area contributed by atoms with Gasteiger partial charge in [0.1, 0.15) is 11.5 Å². The van der Waals surface area contributed by atoms with Crippen LogP contribution in [0.4, 0.5) is 5.69 Å². The summed E-state index contributed by atoms with van der Waals surface area (Å²) in [6.07, 6.45) is 1.41. The van der Waals surface area contributed by atoms with E-state index in [1.54, 1.807) is 67.8 Å². The van der Waals surface area contributed by atoms with Gasteiger partial charge in [0.2, 0.25) is 0 Å². The molecule has 0 radical (unpaired) electrons. The van der Waals surface area contributed by atoms with Crippen LogP contribution in [-0.4, -0.2) is 33.6 Å². The normalized spacial score (nSPS) is 11.1. The van der Waals surface area contributed by atoms with Gasteiger partial charge < -0.3 is 9.47 Å². The Kier molecular flexibility index (Phi) is 8.37. The maximum atomic E-state index is 12.5. The summed E-state index contributed by atoms with van der Waals surface area (Å²) in [5.41, 5.74) is 4.93. The van der Waals surface area contributed by atoms with Crippen molar-refractivity contribution in [2.45, 2.75) is 11.8 Å². The van der Waals surface area contributed by atoms with Gasteiger partial charge in [-0.3, -0.25) is 9.52 Å². The number of carbonyl (C=O) groups excluding carboxylic acids is 2. The molecule has 39 heavy (non-hydrogen) atoms. The number of benzene rings is 4. The van der Waals surface area contributed by atoms with Crippen LogP contribution in [0.1, 0.15) is 31.8 Å². The third-order valence-electron chi connectivity index (χ3n) is 5.50. The number of rotatable bonds is 9. The Bertz CT molecular complexity index is 1600. The van der Waals surface area contributed by atoms with E-state index in [0.29, 0.717) is 28.3 Å². The predicted molar refractivity (Wildman–Crippen MR) is 148 cm³/mol. The minimum atomic E-state index is -3.75. The summed E-state index contributed by atoms with van der Waals surface area (Å²) in [6.45, 7) is 1.87. The Balaban J connectivity index is 1.33. The molecule has 0 aliphatic carbocycles. The summed E-state index contributed by atoms with van der Waals surface area (Å²) in [6, 6.07) is 25.6. The minimum Gasteiger partial charge on any atom is -0.497 e. The van der Waals surface area contributed by atoms with Crippen molar-refractivity contribution >= 4 is 33.8 Å². The molecule has 4 rings (SSSR count). The van der Waals surface area contributed by atoms with E-state index in [-0.39, 0.29) is 10.5 Å². The molecule has 0 unspecified atom stereocenters. The lowest BCUT2D eigenvalue weighted by molar-refractivity contribution is 0.0734. The maximum absolute atomic E-state index is 12.5. The Morgan fingerprint density at radius 3 is 2.15 bits per heavy atom. The van der Waals surface area contributed by atoms with Crippen molar-refractivity contribution in [2.75, 3.05) is 11.8 Å². The van der Waals surface area contributed by atoms with Crippen molar-refractivity contribution in [3.05, 3.63) is 119 Å². The number of hydrogen-bond acceptors (Lipinski definition) is 7. The van der Waals surface area contributed by atoms with E-state index in [0.717, 1.165) is 5.56 Å². The molecule has 0 fully saturated rings. The molecule has 0 saturated carbocycles. The van der Waals surface area contributed by atoms with E-state index in [4.69, 9.17) is 9.47 Å². The fraction of sp³-hybridized carbons (Fsp3) is 0.0690. The highest BCUT2D eigenvalue weighted by Gasteiger charge is 2.14. The van der Waals surface area contributed by atoms with Crippen molar-refractivity contribution in [1.82, 2.24) is 5.43 Å². The van der Waals surface area contributed by atoms with Crippen molar-refractivity contribution in [2.24, 2.45) is 5.10 Å². The molecular weight excluding hydrogens is 518 g/mol. The molecule has 0 aliphatic heterocycles. The van der Waals surface area contributed by atoms with E-state index < -0.39 is 21.9 Å². The second-order valence-corrected chi connectivity index (χ2v) is 10.1. The lowest BCUT2D eigenvalue weighted by Crippen LogP contribution is -2.18. The smallest absolute Gasteiger partial charge is 0.343 e. The lowest BCUT2D eigenvalue weighted by atomic mass is 10.2.